The molecule has 1 fully saturated rings. The van der Waals surface area contributed by atoms with Gasteiger partial charge in [0.15, 0.2) is 4.90 Å². The van der Waals surface area contributed by atoms with Crippen molar-refractivity contribution in [2.24, 2.45) is 0 Å². The van der Waals surface area contributed by atoms with Crippen LogP contribution in [0.15, 0.2) is 60.0 Å². The fourth-order valence-electron chi connectivity index (χ4n) is 4.17. The highest BCUT2D eigenvalue weighted by Gasteiger charge is 2.29. The first kappa shape index (κ1) is 21.3. The Morgan fingerprint density at radius 1 is 1.12 bits per heavy atom. The molecule has 1 atom stereocenters. The van der Waals surface area contributed by atoms with Gasteiger partial charge in [0.2, 0.25) is 0 Å². The minimum atomic E-state index is -1.19. The van der Waals surface area contributed by atoms with Crippen molar-refractivity contribution in [3.05, 3.63) is 60.7 Å². The van der Waals surface area contributed by atoms with Gasteiger partial charge in [0.25, 0.3) is 0 Å². The molecule has 1 aliphatic rings. The third kappa shape index (κ3) is 4.02. The van der Waals surface area contributed by atoms with Gasteiger partial charge in [-0.15, -0.1) is 4.31 Å². The summed E-state index contributed by atoms with van der Waals surface area (Å²) in [6.45, 7) is 1.45. The third-order valence-electron chi connectivity index (χ3n) is 5.97. The highest BCUT2D eigenvalue weighted by atomic mass is 32.2. The van der Waals surface area contributed by atoms with Gasteiger partial charge in [-0.05, 0) is 43.2 Å². The lowest BCUT2D eigenvalue weighted by atomic mass is 10.1. The maximum atomic E-state index is 12.9. The predicted molar refractivity (Wildman–Crippen MR) is 125 cm³/mol. The monoisotopic (exact) mass is 461 g/mol. The van der Waals surface area contributed by atoms with Gasteiger partial charge in [-0.25, -0.2) is 4.52 Å². The predicted octanol–water partition coefficient (Wildman–Crippen LogP) is 3.02. The quantitative estimate of drug-likeness (QED) is 0.358. The summed E-state index contributed by atoms with van der Waals surface area (Å²) < 4.78 is 24.0. The summed E-state index contributed by atoms with van der Waals surface area (Å²) in [6.07, 6.45) is 8.97. The Balaban J connectivity index is 1.31. The van der Waals surface area contributed by atoms with Crippen LogP contribution >= 0.6 is 0 Å². The van der Waals surface area contributed by atoms with E-state index in [-0.39, 0.29) is 6.04 Å². The number of aromatic nitrogens is 4. The first-order valence-corrected chi connectivity index (χ1v) is 11.7. The fourth-order valence-corrected chi connectivity index (χ4v) is 5.38. The molecule has 0 aliphatic carbocycles. The molecular weight excluding hydrogens is 438 g/mol. The number of piperidine rings is 1. The van der Waals surface area contributed by atoms with Crippen LogP contribution in [0.1, 0.15) is 24.4 Å². The number of benzene rings is 1. The van der Waals surface area contributed by atoms with Crippen LogP contribution in [0.5, 0.6) is 5.75 Å². The topological polar surface area (TPSA) is 120 Å². The van der Waals surface area contributed by atoms with Gasteiger partial charge in [0.1, 0.15) is 22.9 Å². The van der Waals surface area contributed by atoms with Crippen LogP contribution in [-0.4, -0.2) is 48.5 Å². The van der Waals surface area contributed by atoms with Crippen molar-refractivity contribution >= 4 is 22.6 Å². The first-order chi connectivity index (χ1) is 16.1. The average Bonchev–Trinajstić information content (AvgIpc) is 3.51. The van der Waals surface area contributed by atoms with E-state index in [4.69, 9.17) is 10.5 Å². The summed E-state index contributed by atoms with van der Waals surface area (Å²) in [5.74, 6) is 0.591. The molecule has 0 radical (unpaired) electrons. The number of pyridine rings is 1. The van der Waals surface area contributed by atoms with Gasteiger partial charge in [-0.1, -0.05) is 0 Å². The van der Waals surface area contributed by atoms with Crippen molar-refractivity contribution in [3.63, 3.8) is 0 Å². The highest BCUT2D eigenvalue weighted by Crippen LogP contribution is 2.32. The smallest absolute Gasteiger partial charge is 0.174 e. The van der Waals surface area contributed by atoms with Crippen LogP contribution in [0.4, 0.5) is 5.69 Å². The number of hydrogen-bond donors (Lipinski definition) is 1. The van der Waals surface area contributed by atoms with Gasteiger partial charge in [-0.2, -0.15) is 15.5 Å². The second kappa shape index (κ2) is 8.78. The molecule has 4 heterocycles. The zero-order valence-electron chi connectivity index (χ0n) is 18.1. The van der Waals surface area contributed by atoms with E-state index in [1.165, 1.54) is 6.20 Å². The summed E-state index contributed by atoms with van der Waals surface area (Å²) in [4.78, 5) is 0.770. The third-order valence-corrected chi connectivity index (χ3v) is 7.48. The molecule has 1 aliphatic heterocycles. The summed E-state index contributed by atoms with van der Waals surface area (Å²) in [7, 11) is 1.58. The number of rotatable bonds is 5. The Kier molecular flexibility index (Phi) is 5.68. The Labute approximate surface area is 194 Å². The lowest BCUT2D eigenvalue weighted by molar-refractivity contribution is 0.261. The SMILES string of the molecule is COc1cc(-c2cnn(C3CCN([S+]([O-])c4ccc(N)cc4)CC3)c2)cn2ncc(C#N)c12. The zero-order chi connectivity index (χ0) is 22.9. The van der Waals surface area contributed by atoms with Gasteiger partial charge >= 0.3 is 0 Å². The van der Waals surface area contributed by atoms with Crippen LogP contribution in [0.3, 0.4) is 0 Å². The highest BCUT2D eigenvalue weighted by molar-refractivity contribution is 7.89. The van der Waals surface area contributed by atoms with Crippen molar-refractivity contribution in [2.45, 2.75) is 23.8 Å². The zero-order valence-corrected chi connectivity index (χ0v) is 18.9. The molecule has 1 unspecified atom stereocenters. The minimum Gasteiger partial charge on any atom is -0.593 e. The number of anilines is 1. The van der Waals surface area contributed by atoms with Crippen LogP contribution in [-0.2, 0) is 11.4 Å². The normalized spacial score (nSPS) is 16.0. The maximum Gasteiger partial charge on any atom is 0.174 e. The van der Waals surface area contributed by atoms with Gasteiger partial charge in [-0.3, -0.25) is 4.68 Å². The molecule has 2 N–H and O–H groups in total. The van der Waals surface area contributed by atoms with E-state index in [1.54, 1.807) is 23.8 Å². The van der Waals surface area contributed by atoms with E-state index in [0.29, 0.717) is 22.5 Å². The summed E-state index contributed by atoms with van der Waals surface area (Å²) in [6, 6.07) is 11.5. The van der Waals surface area contributed by atoms with Crippen LogP contribution in [0.2, 0.25) is 0 Å². The molecule has 33 heavy (non-hydrogen) atoms. The average molecular weight is 462 g/mol. The van der Waals surface area contributed by atoms with Gasteiger partial charge in [0, 0.05) is 42.3 Å². The standard InChI is InChI=1S/C23H23N7O2S/c1-32-22-10-16(14-30-23(22)17(11-24)12-27-30)18-13-26-29(15-18)20-6-8-28(9-7-20)33(31)21-4-2-19(25)3-5-21/h2-5,10,12-15,20H,6-9,25H2,1H3. The van der Waals surface area contributed by atoms with Crippen molar-refractivity contribution in [2.75, 3.05) is 25.9 Å². The summed E-state index contributed by atoms with van der Waals surface area (Å²) in [5.41, 5.74) is 9.37. The molecule has 0 bridgehead atoms. The maximum absolute atomic E-state index is 12.9. The molecular formula is C23H23N7O2S. The van der Waals surface area contributed by atoms with Crippen molar-refractivity contribution in [1.29, 1.82) is 5.26 Å². The van der Waals surface area contributed by atoms with Crippen molar-refractivity contribution < 1.29 is 9.29 Å². The summed E-state index contributed by atoms with van der Waals surface area (Å²) in [5, 5.41) is 18.2. The van der Waals surface area contributed by atoms with E-state index in [2.05, 4.69) is 16.3 Å². The van der Waals surface area contributed by atoms with E-state index in [9.17, 15) is 9.81 Å². The molecule has 1 saturated heterocycles. The number of nitrogen functional groups attached to an aromatic ring is 1. The molecule has 0 amide bonds. The largest absolute Gasteiger partial charge is 0.593 e. The molecule has 9 nitrogen and oxygen atoms in total. The second-order valence-electron chi connectivity index (χ2n) is 7.95. The van der Waals surface area contributed by atoms with Crippen LogP contribution in [0, 0.1) is 11.3 Å². The van der Waals surface area contributed by atoms with E-state index in [1.807, 2.05) is 45.8 Å². The first-order valence-electron chi connectivity index (χ1n) is 10.6. The Hall–Kier alpha value is -3.52. The summed E-state index contributed by atoms with van der Waals surface area (Å²) >= 11 is -1.19. The molecule has 10 heteroatoms. The number of methoxy groups -OCH3 is 1. The Morgan fingerprint density at radius 2 is 1.88 bits per heavy atom. The van der Waals surface area contributed by atoms with Crippen LogP contribution < -0.4 is 10.5 Å². The van der Waals surface area contributed by atoms with Gasteiger partial charge in [0.05, 0.1) is 36.9 Å². The second-order valence-corrected chi connectivity index (χ2v) is 9.43. The molecule has 0 spiro atoms. The van der Waals surface area contributed by atoms with Gasteiger partial charge < -0.3 is 15.0 Å². The Morgan fingerprint density at radius 3 is 2.58 bits per heavy atom. The molecule has 4 aromatic rings. The van der Waals surface area contributed by atoms with Crippen molar-refractivity contribution in [1.82, 2.24) is 23.7 Å². The Bertz CT molecular complexity index is 1320. The number of nitrogens with zero attached hydrogens (tertiary/aromatic N) is 6. The van der Waals surface area contributed by atoms with E-state index in [0.717, 1.165) is 42.0 Å². The van der Waals surface area contributed by atoms with E-state index < -0.39 is 11.4 Å². The van der Waals surface area contributed by atoms with E-state index >= 15 is 0 Å². The van der Waals surface area contributed by atoms with Crippen LogP contribution in [0.25, 0.3) is 16.6 Å². The number of nitrogens with two attached hydrogens (primary N) is 1. The molecule has 5 rings (SSSR count). The number of ether oxygens (including phenoxy) is 1. The molecule has 1 aromatic carbocycles. The molecule has 3 aromatic heterocycles. The lowest BCUT2D eigenvalue weighted by Crippen LogP contribution is -2.39. The lowest BCUT2D eigenvalue weighted by Gasteiger charge is -2.31. The molecule has 0 saturated carbocycles. The molecule has 168 valence electrons. The number of hydrogen-bond acceptors (Lipinski definition) is 7. The number of fused-ring (bicyclic) bond motifs is 1. The number of nitriles is 1. The fraction of sp³-hybridized carbons (Fsp3) is 0.261. The minimum absolute atomic E-state index is 0.235. The van der Waals surface area contributed by atoms with Crippen molar-refractivity contribution in [3.8, 4) is 22.9 Å².